The molecule has 0 radical (unpaired) electrons. The maximum atomic E-state index is 12.7. The van der Waals surface area contributed by atoms with Crippen molar-refractivity contribution in [3.8, 4) is 0 Å². The standard InChI is InChI=1S/C16H12F3N3O2/c17-16(18,19)11-3-1-2-9(6-11)7-14-20-12-5-4-10(15(23)22-24)8-13(12)21-14/h1-6,8,24H,7H2,(H,20,21)(H,22,23). The van der Waals surface area contributed by atoms with Crippen molar-refractivity contribution in [2.24, 2.45) is 0 Å². The molecule has 3 aromatic rings. The summed E-state index contributed by atoms with van der Waals surface area (Å²) in [7, 11) is 0. The van der Waals surface area contributed by atoms with Crippen LogP contribution in [-0.2, 0) is 12.6 Å². The third-order valence-corrected chi connectivity index (χ3v) is 3.52. The number of alkyl halides is 3. The van der Waals surface area contributed by atoms with Gasteiger partial charge in [0, 0.05) is 12.0 Å². The van der Waals surface area contributed by atoms with E-state index < -0.39 is 17.6 Å². The maximum Gasteiger partial charge on any atom is 0.416 e. The monoisotopic (exact) mass is 335 g/mol. The summed E-state index contributed by atoms with van der Waals surface area (Å²) in [5, 5.41) is 8.63. The number of hydrogen-bond donors (Lipinski definition) is 3. The minimum absolute atomic E-state index is 0.195. The highest BCUT2D eigenvalue weighted by molar-refractivity contribution is 5.96. The van der Waals surface area contributed by atoms with Crippen LogP contribution in [-0.4, -0.2) is 21.1 Å². The van der Waals surface area contributed by atoms with Crippen LogP contribution in [0.5, 0.6) is 0 Å². The van der Waals surface area contributed by atoms with Gasteiger partial charge in [0.05, 0.1) is 16.6 Å². The van der Waals surface area contributed by atoms with E-state index in [4.69, 9.17) is 5.21 Å². The van der Waals surface area contributed by atoms with Crippen LogP contribution in [0.25, 0.3) is 11.0 Å². The second kappa shape index (κ2) is 5.97. The molecule has 0 aliphatic rings. The molecule has 1 heterocycles. The largest absolute Gasteiger partial charge is 0.416 e. The molecular weight excluding hydrogens is 323 g/mol. The number of benzene rings is 2. The average molecular weight is 335 g/mol. The number of carbonyl (C=O) groups excluding carboxylic acids is 1. The molecule has 0 saturated heterocycles. The Bertz CT molecular complexity index is 903. The Morgan fingerprint density at radius 2 is 2.00 bits per heavy atom. The highest BCUT2D eigenvalue weighted by Gasteiger charge is 2.30. The SMILES string of the molecule is O=C(NO)c1ccc2nc(Cc3cccc(C(F)(F)F)c3)[nH]c2c1. The molecule has 0 aliphatic heterocycles. The van der Waals surface area contributed by atoms with E-state index in [1.165, 1.54) is 23.7 Å². The lowest BCUT2D eigenvalue weighted by Gasteiger charge is -2.07. The maximum absolute atomic E-state index is 12.7. The molecule has 8 heteroatoms. The van der Waals surface area contributed by atoms with Gasteiger partial charge in [-0.05, 0) is 29.8 Å². The molecule has 3 N–H and O–H groups in total. The summed E-state index contributed by atoms with van der Waals surface area (Å²) in [6.45, 7) is 0. The van der Waals surface area contributed by atoms with Gasteiger partial charge in [-0.25, -0.2) is 10.5 Å². The number of fused-ring (bicyclic) bond motifs is 1. The minimum Gasteiger partial charge on any atom is -0.342 e. The first kappa shape index (κ1) is 16.0. The van der Waals surface area contributed by atoms with Gasteiger partial charge in [-0.1, -0.05) is 18.2 Å². The summed E-state index contributed by atoms with van der Waals surface area (Å²) in [5.74, 6) is -0.184. The first-order valence-corrected chi connectivity index (χ1v) is 6.96. The van der Waals surface area contributed by atoms with E-state index in [1.54, 1.807) is 12.1 Å². The quantitative estimate of drug-likeness (QED) is 0.508. The topological polar surface area (TPSA) is 78.0 Å². The summed E-state index contributed by atoms with van der Waals surface area (Å²) >= 11 is 0. The van der Waals surface area contributed by atoms with E-state index in [0.717, 1.165) is 12.1 Å². The number of amides is 1. The van der Waals surface area contributed by atoms with Crippen LogP contribution in [0.3, 0.4) is 0 Å². The molecule has 0 unspecified atom stereocenters. The zero-order valence-electron chi connectivity index (χ0n) is 12.2. The molecule has 24 heavy (non-hydrogen) atoms. The molecule has 0 aliphatic carbocycles. The molecule has 1 aromatic heterocycles. The van der Waals surface area contributed by atoms with Crippen LogP contribution in [0.15, 0.2) is 42.5 Å². The Balaban J connectivity index is 1.89. The van der Waals surface area contributed by atoms with Crippen LogP contribution < -0.4 is 5.48 Å². The fraction of sp³-hybridized carbons (Fsp3) is 0.125. The number of nitrogens with one attached hydrogen (secondary N) is 2. The highest BCUT2D eigenvalue weighted by atomic mass is 19.4. The van der Waals surface area contributed by atoms with Gasteiger partial charge >= 0.3 is 6.18 Å². The Kier molecular flexibility index (Phi) is 3.98. The first-order chi connectivity index (χ1) is 11.4. The zero-order chi connectivity index (χ0) is 17.3. The molecule has 0 fully saturated rings. The molecule has 0 saturated carbocycles. The zero-order valence-corrected chi connectivity index (χ0v) is 12.2. The number of nitrogens with zero attached hydrogens (tertiary/aromatic N) is 1. The predicted molar refractivity (Wildman–Crippen MR) is 79.6 cm³/mol. The summed E-state index contributed by atoms with van der Waals surface area (Å²) in [6, 6.07) is 9.62. The number of H-pyrrole nitrogens is 1. The first-order valence-electron chi connectivity index (χ1n) is 6.96. The Morgan fingerprint density at radius 3 is 2.71 bits per heavy atom. The highest BCUT2D eigenvalue weighted by Crippen LogP contribution is 2.30. The molecule has 124 valence electrons. The fourth-order valence-corrected chi connectivity index (χ4v) is 2.40. The van der Waals surface area contributed by atoms with Crippen molar-refractivity contribution in [1.82, 2.24) is 15.4 Å². The lowest BCUT2D eigenvalue weighted by molar-refractivity contribution is -0.137. The molecule has 0 spiro atoms. The van der Waals surface area contributed by atoms with E-state index in [1.807, 2.05) is 0 Å². The van der Waals surface area contributed by atoms with Crippen molar-refractivity contribution in [2.45, 2.75) is 12.6 Å². The second-order valence-corrected chi connectivity index (χ2v) is 5.23. The number of carbonyl (C=O) groups is 1. The summed E-state index contributed by atoms with van der Waals surface area (Å²) in [6.07, 6.45) is -4.20. The van der Waals surface area contributed by atoms with Crippen LogP contribution in [0.1, 0.15) is 27.3 Å². The van der Waals surface area contributed by atoms with Crippen LogP contribution in [0.4, 0.5) is 13.2 Å². The summed E-state index contributed by atoms with van der Waals surface area (Å²) in [5.41, 5.74) is 2.66. The van der Waals surface area contributed by atoms with Gasteiger partial charge in [0.15, 0.2) is 0 Å². The van der Waals surface area contributed by atoms with Crippen molar-refractivity contribution in [1.29, 1.82) is 0 Å². The fourth-order valence-electron chi connectivity index (χ4n) is 2.40. The number of halogens is 3. The van der Waals surface area contributed by atoms with Gasteiger partial charge in [0.1, 0.15) is 5.82 Å². The number of hydroxylamine groups is 1. The van der Waals surface area contributed by atoms with Gasteiger partial charge in [-0.2, -0.15) is 13.2 Å². The number of imidazole rings is 1. The number of aromatic nitrogens is 2. The van der Waals surface area contributed by atoms with Crippen molar-refractivity contribution < 1.29 is 23.2 Å². The average Bonchev–Trinajstić information content (AvgIpc) is 2.94. The Morgan fingerprint density at radius 1 is 1.21 bits per heavy atom. The van der Waals surface area contributed by atoms with Gasteiger partial charge < -0.3 is 4.98 Å². The van der Waals surface area contributed by atoms with Crippen molar-refractivity contribution in [3.63, 3.8) is 0 Å². The summed E-state index contributed by atoms with van der Waals surface area (Å²) < 4.78 is 38.2. The van der Waals surface area contributed by atoms with Gasteiger partial charge in [0.25, 0.3) is 5.91 Å². The lowest BCUT2D eigenvalue weighted by atomic mass is 10.1. The third-order valence-electron chi connectivity index (χ3n) is 3.52. The van der Waals surface area contributed by atoms with Crippen molar-refractivity contribution in [2.75, 3.05) is 0 Å². The lowest BCUT2D eigenvalue weighted by Crippen LogP contribution is -2.18. The predicted octanol–water partition coefficient (Wildman–Crippen LogP) is 3.29. The van der Waals surface area contributed by atoms with Gasteiger partial charge in [0.2, 0.25) is 0 Å². The molecular formula is C16H12F3N3O2. The molecule has 1 amide bonds. The Labute approximate surface area is 134 Å². The van der Waals surface area contributed by atoms with Crippen molar-refractivity contribution >= 4 is 16.9 Å². The third kappa shape index (κ3) is 3.23. The normalized spacial score (nSPS) is 11.7. The second-order valence-electron chi connectivity index (χ2n) is 5.23. The van der Waals surface area contributed by atoms with Gasteiger partial charge in [-0.3, -0.25) is 10.0 Å². The van der Waals surface area contributed by atoms with Crippen LogP contribution in [0.2, 0.25) is 0 Å². The smallest absolute Gasteiger partial charge is 0.342 e. The minimum atomic E-state index is -4.39. The van der Waals surface area contributed by atoms with E-state index in [-0.39, 0.29) is 12.0 Å². The molecule has 0 atom stereocenters. The number of aromatic amines is 1. The van der Waals surface area contributed by atoms with E-state index in [9.17, 15) is 18.0 Å². The Hall–Kier alpha value is -2.87. The molecule has 2 aromatic carbocycles. The van der Waals surface area contributed by atoms with Crippen molar-refractivity contribution in [3.05, 3.63) is 65.0 Å². The molecule has 0 bridgehead atoms. The van der Waals surface area contributed by atoms with E-state index >= 15 is 0 Å². The van der Waals surface area contributed by atoms with Crippen LogP contribution >= 0.6 is 0 Å². The van der Waals surface area contributed by atoms with Gasteiger partial charge in [-0.15, -0.1) is 0 Å². The summed E-state index contributed by atoms with van der Waals surface area (Å²) in [4.78, 5) is 18.6. The molecule has 5 nitrogen and oxygen atoms in total. The van der Waals surface area contributed by atoms with E-state index in [2.05, 4.69) is 9.97 Å². The van der Waals surface area contributed by atoms with Crippen LogP contribution in [0, 0.1) is 0 Å². The number of hydrogen-bond acceptors (Lipinski definition) is 3. The van der Waals surface area contributed by atoms with E-state index in [0.29, 0.717) is 22.4 Å². The molecule has 3 rings (SSSR count). The number of rotatable bonds is 3.